The van der Waals surface area contributed by atoms with Gasteiger partial charge in [-0.2, -0.15) is 9.97 Å². The predicted octanol–water partition coefficient (Wildman–Crippen LogP) is 6.48. The second-order valence-corrected chi connectivity index (χ2v) is 38.3. The maximum absolute atomic E-state index is 6.87. The molecule has 10 nitrogen and oxygen atoms in total. The zero-order valence-electron chi connectivity index (χ0n) is 27.4. The van der Waals surface area contributed by atoms with Crippen molar-refractivity contribution in [1.82, 2.24) is 19.5 Å². The van der Waals surface area contributed by atoms with E-state index in [4.69, 9.17) is 37.4 Å². The monoisotopic (exact) mass is 643 g/mol. The minimum Gasteiger partial charge on any atom is -0.530 e. The van der Waals surface area contributed by atoms with E-state index in [1.807, 2.05) is 4.57 Å². The highest BCUT2D eigenvalue weighted by molar-refractivity contribution is 6.79. The average Bonchev–Trinajstić information content (AvgIpc) is 3.23. The van der Waals surface area contributed by atoms with E-state index in [1.165, 1.54) is 0 Å². The molecular formula is C25H53N5O5Si5. The molecule has 1 aliphatic heterocycles. The van der Waals surface area contributed by atoms with Gasteiger partial charge in [0.1, 0.15) is 32.9 Å². The minimum atomic E-state index is -2.03. The molecule has 40 heavy (non-hydrogen) atoms. The number of rotatable bonds is 12. The van der Waals surface area contributed by atoms with E-state index in [0.29, 0.717) is 24.1 Å². The standard InChI is InChI=1S/C25H53N5O5Si5/c1-36(2,3)29-25-27-22-19(23(28-25)35-40(13,14)15)30(17-26-22)24-21(34-39(10,11)12)20(33-38(7,8)9)18(32-24)16-31-37(4,5)6/h17-18,20-21,24H,16H2,1-15H3,(H,27,28,29)/t18-,20-,21-,24-/m1/s1. The summed E-state index contributed by atoms with van der Waals surface area (Å²) in [7, 11) is -9.49. The van der Waals surface area contributed by atoms with Gasteiger partial charge < -0.3 is 27.4 Å². The van der Waals surface area contributed by atoms with Crippen molar-refractivity contribution in [1.29, 1.82) is 0 Å². The first-order valence-corrected chi connectivity index (χ1v) is 31.4. The Hall–Kier alpha value is -0.926. The summed E-state index contributed by atoms with van der Waals surface area (Å²) < 4.78 is 35.5. The molecule has 15 heteroatoms. The summed E-state index contributed by atoms with van der Waals surface area (Å²) in [5.41, 5.74) is 1.29. The van der Waals surface area contributed by atoms with Crippen molar-refractivity contribution in [2.45, 2.75) is 123 Å². The van der Waals surface area contributed by atoms with Crippen molar-refractivity contribution in [3.05, 3.63) is 6.33 Å². The van der Waals surface area contributed by atoms with Crippen LogP contribution in [0, 0.1) is 0 Å². The van der Waals surface area contributed by atoms with Crippen LogP contribution in [0.4, 0.5) is 5.95 Å². The van der Waals surface area contributed by atoms with Gasteiger partial charge in [-0.1, -0.05) is 19.6 Å². The molecule has 2 aromatic rings. The summed E-state index contributed by atoms with van der Waals surface area (Å²) in [6.45, 7) is 33.3. The normalized spacial score (nSPS) is 23.2. The number of hydrogen-bond acceptors (Lipinski definition) is 9. The van der Waals surface area contributed by atoms with E-state index in [1.54, 1.807) is 6.33 Å². The third-order valence-electron chi connectivity index (χ3n) is 5.51. The van der Waals surface area contributed by atoms with Crippen molar-refractivity contribution in [2.75, 3.05) is 11.6 Å². The summed E-state index contributed by atoms with van der Waals surface area (Å²) in [6.07, 6.45) is 0.403. The molecule has 0 aliphatic carbocycles. The summed E-state index contributed by atoms with van der Waals surface area (Å²) in [5.74, 6) is 1.08. The Labute approximate surface area is 246 Å². The van der Waals surface area contributed by atoms with Crippen LogP contribution < -0.4 is 9.41 Å². The third kappa shape index (κ3) is 9.83. The molecular weight excluding hydrogens is 591 g/mol. The van der Waals surface area contributed by atoms with E-state index >= 15 is 0 Å². The number of nitrogens with one attached hydrogen (secondary N) is 1. The third-order valence-corrected chi connectivity index (χ3v) is 10.3. The molecule has 0 unspecified atom stereocenters. The smallest absolute Gasteiger partial charge is 0.244 e. The van der Waals surface area contributed by atoms with Crippen LogP contribution in [0.1, 0.15) is 6.23 Å². The molecule has 3 heterocycles. The average molecular weight is 644 g/mol. The molecule has 1 N–H and O–H groups in total. The molecule has 1 saturated heterocycles. The number of hydrogen-bond donors (Lipinski definition) is 1. The number of anilines is 1. The summed E-state index contributed by atoms with van der Waals surface area (Å²) in [5, 5.41) is 0. The molecule has 0 radical (unpaired) electrons. The van der Waals surface area contributed by atoms with Gasteiger partial charge in [0, 0.05) is 0 Å². The van der Waals surface area contributed by atoms with Gasteiger partial charge in [-0.3, -0.25) is 4.57 Å². The fourth-order valence-corrected chi connectivity index (χ4v) is 8.68. The van der Waals surface area contributed by atoms with Crippen LogP contribution in [-0.2, 0) is 18.0 Å². The van der Waals surface area contributed by atoms with Crippen LogP contribution in [0.15, 0.2) is 6.33 Å². The molecule has 1 aliphatic rings. The number of ether oxygens (including phenoxy) is 1. The number of imidazole rings is 1. The second kappa shape index (κ2) is 11.6. The van der Waals surface area contributed by atoms with Crippen LogP contribution in [-0.4, -0.2) is 85.9 Å². The lowest BCUT2D eigenvalue weighted by molar-refractivity contribution is -0.0455. The summed E-state index contributed by atoms with van der Waals surface area (Å²) in [4.78, 5) is 17.9. The topological polar surface area (TPSA) is 102 Å². The van der Waals surface area contributed by atoms with Crippen LogP contribution in [0.2, 0.25) is 98.2 Å². The van der Waals surface area contributed by atoms with Crippen LogP contribution in [0.5, 0.6) is 5.88 Å². The number of nitrogens with zero attached hydrogens (tertiary/aromatic N) is 4. The van der Waals surface area contributed by atoms with Gasteiger partial charge in [0.25, 0.3) is 0 Å². The molecule has 0 saturated carbocycles. The Morgan fingerprint density at radius 3 is 1.85 bits per heavy atom. The first-order valence-electron chi connectivity index (χ1n) is 14.3. The van der Waals surface area contributed by atoms with E-state index in [-0.39, 0.29) is 18.3 Å². The fraction of sp³-hybridized carbons (Fsp3) is 0.800. The van der Waals surface area contributed by atoms with Gasteiger partial charge in [0.15, 0.2) is 42.3 Å². The Morgan fingerprint density at radius 1 is 0.775 bits per heavy atom. The SMILES string of the molecule is C[Si](C)(C)Nc1nc(O[Si](C)(C)C)c2c(ncn2[C@@H]2O[C@H](CO[Si](C)(C)C)[C@@H](O[Si](C)(C)C)[C@H]2O[Si](C)(C)C)n1. The molecule has 0 spiro atoms. The van der Waals surface area contributed by atoms with Gasteiger partial charge in [0.2, 0.25) is 20.1 Å². The van der Waals surface area contributed by atoms with Gasteiger partial charge in [-0.25, -0.2) is 4.98 Å². The van der Waals surface area contributed by atoms with Crippen molar-refractivity contribution >= 4 is 58.6 Å². The van der Waals surface area contributed by atoms with E-state index in [2.05, 4.69) is 103 Å². The molecule has 2 aromatic heterocycles. The molecule has 4 atom stereocenters. The Kier molecular flexibility index (Phi) is 9.76. The van der Waals surface area contributed by atoms with E-state index in [0.717, 1.165) is 5.52 Å². The fourth-order valence-electron chi connectivity index (χ4n) is 4.34. The van der Waals surface area contributed by atoms with Crippen LogP contribution >= 0.6 is 0 Å². The van der Waals surface area contributed by atoms with Crippen LogP contribution in [0.3, 0.4) is 0 Å². The van der Waals surface area contributed by atoms with E-state index < -0.39 is 47.7 Å². The van der Waals surface area contributed by atoms with Crippen molar-refractivity contribution in [2.24, 2.45) is 0 Å². The molecule has 0 amide bonds. The first kappa shape index (κ1) is 33.6. The maximum Gasteiger partial charge on any atom is 0.244 e. The highest BCUT2D eigenvalue weighted by Gasteiger charge is 2.51. The Morgan fingerprint density at radius 2 is 1.35 bits per heavy atom. The first-order chi connectivity index (χ1) is 17.9. The lowest BCUT2D eigenvalue weighted by Gasteiger charge is -2.34. The molecule has 0 aromatic carbocycles. The quantitative estimate of drug-likeness (QED) is 0.261. The zero-order chi connectivity index (χ0) is 30.5. The number of fused-ring (bicyclic) bond motifs is 1. The minimum absolute atomic E-state index is 0.271. The largest absolute Gasteiger partial charge is 0.530 e. The summed E-state index contributed by atoms with van der Waals surface area (Å²) in [6, 6.07) is 0. The second-order valence-electron chi connectivity index (χ2n) is 15.6. The Bertz CT molecular complexity index is 1160. The number of aromatic nitrogens is 4. The molecule has 228 valence electrons. The molecule has 1 fully saturated rings. The predicted molar refractivity (Wildman–Crippen MR) is 176 cm³/mol. The van der Waals surface area contributed by atoms with Gasteiger partial charge in [-0.05, 0) is 78.6 Å². The maximum atomic E-state index is 6.87. The molecule has 0 bridgehead atoms. The van der Waals surface area contributed by atoms with Gasteiger partial charge in [0.05, 0.1) is 6.61 Å². The summed E-state index contributed by atoms with van der Waals surface area (Å²) >= 11 is 0. The lowest BCUT2D eigenvalue weighted by atomic mass is 10.1. The van der Waals surface area contributed by atoms with Gasteiger partial charge >= 0.3 is 0 Å². The van der Waals surface area contributed by atoms with Gasteiger partial charge in [-0.15, -0.1) is 0 Å². The van der Waals surface area contributed by atoms with E-state index in [9.17, 15) is 0 Å². The molecule has 3 rings (SSSR count). The highest BCUT2D eigenvalue weighted by atomic mass is 28.4. The Balaban J connectivity index is 2.17. The highest BCUT2D eigenvalue weighted by Crippen LogP contribution is 2.40. The lowest BCUT2D eigenvalue weighted by Crippen LogP contribution is -2.48. The van der Waals surface area contributed by atoms with Crippen molar-refractivity contribution in [3.8, 4) is 5.88 Å². The zero-order valence-corrected chi connectivity index (χ0v) is 32.4. The van der Waals surface area contributed by atoms with Crippen molar-refractivity contribution in [3.63, 3.8) is 0 Å². The van der Waals surface area contributed by atoms with Crippen LogP contribution in [0.25, 0.3) is 11.2 Å². The van der Waals surface area contributed by atoms with Crippen molar-refractivity contribution < 1.29 is 22.4 Å².